The normalized spacial score (nSPS) is 15.4. The van der Waals surface area contributed by atoms with Crippen molar-refractivity contribution in [2.75, 3.05) is 32.1 Å². The van der Waals surface area contributed by atoms with Gasteiger partial charge in [-0.3, -0.25) is 0 Å². The lowest BCUT2D eigenvalue weighted by molar-refractivity contribution is 0.177. The van der Waals surface area contributed by atoms with Crippen LogP contribution in [0.3, 0.4) is 0 Å². The third-order valence-electron chi connectivity index (χ3n) is 3.37. The number of pyridine rings is 1. The molecule has 1 saturated carbocycles. The molecule has 0 amide bonds. The van der Waals surface area contributed by atoms with E-state index in [0.717, 1.165) is 19.3 Å². The van der Waals surface area contributed by atoms with E-state index in [1.807, 2.05) is 6.92 Å². The lowest BCUT2D eigenvalue weighted by Crippen LogP contribution is -2.36. The molecule has 0 atom stereocenters. The Hall–Kier alpha value is -1.18. The molecule has 1 heterocycles. The summed E-state index contributed by atoms with van der Waals surface area (Å²) < 4.78 is 32.4. The molecule has 0 bridgehead atoms. The molecule has 0 aliphatic heterocycles. The third kappa shape index (κ3) is 3.93. The van der Waals surface area contributed by atoms with Gasteiger partial charge in [0.25, 0.3) is 0 Å². The number of hydrogen-bond acceptors (Lipinski definition) is 5. The first kappa shape index (κ1) is 16.2. The van der Waals surface area contributed by atoms with E-state index in [2.05, 4.69) is 10.3 Å². The minimum atomic E-state index is -3.54. The van der Waals surface area contributed by atoms with Crippen molar-refractivity contribution < 1.29 is 13.2 Å². The summed E-state index contributed by atoms with van der Waals surface area (Å²) in [6.07, 6.45) is 4.35. The zero-order chi connectivity index (χ0) is 15.3. The molecule has 0 spiro atoms. The van der Waals surface area contributed by atoms with Crippen molar-refractivity contribution in [3.05, 3.63) is 18.3 Å². The van der Waals surface area contributed by atoms with Crippen LogP contribution in [0.5, 0.6) is 0 Å². The molecular formula is C14H23N3O3S. The summed E-state index contributed by atoms with van der Waals surface area (Å²) in [5, 5.41) is 3.09. The molecule has 21 heavy (non-hydrogen) atoms. The smallest absolute Gasteiger partial charge is 0.247 e. The van der Waals surface area contributed by atoms with E-state index in [9.17, 15) is 8.42 Å². The van der Waals surface area contributed by atoms with Gasteiger partial charge in [-0.1, -0.05) is 6.92 Å². The van der Waals surface area contributed by atoms with Gasteiger partial charge in [-0.15, -0.1) is 0 Å². The monoisotopic (exact) mass is 313 g/mol. The zero-order valence-electron chi connectivity index (χ0n) is 12.6. The summed E-state index contributed by atoms with van der Waals surface area (Å²) in [6.45, 7) is 3.50. The average Bonchev–Trinajstić information content (AvgIpc) is 3.30. The Labute approximate surface area is 126 Å². The molecule has 1 fully saturated rings. The Morgan fingerprint density at radius 2 is 2.24 bits per heavy atom. The number of nitrogens with one attached hydrogen (secondary N) is 1. The molecule has 118 valence electrons. The van der Waals surface area contributed by atoms with Gasteiger partial charge in [-0.2, -0.15) is 4.31 Å². The predicted molar refractivity (Wildman–Crippen MR) is 81.8 cm³/mol. The van der Waals surface area contributed by atoms with Crippen LogP contribution in [0, 0.1) is 0 Å². The van der Waals surface area contributed by atoms with Crippen LogP contribution in [0.15, 0.2) is 23.2 Å². The summed E-state index contributed by atoms with van der Waals surface area (Å²) in [6, 6.07) is 3.37. The van der Waals surface area contributed by atoms with E-state index in [-0.39, 0.29) is 10.9 Å². The van der Waals surface area contributed by atoms with Crippen molar-refractivity contribution in [1.29, 1.82) is 0 Å². The Morgan fingerprint density at radius 3 is 2.86 bits per heavy atom. The molecule has 1 aliphatic carbocycles. The fourth-order valence-electron chi connectivity index (χ4n) is 2.14. The summed E-state index contributed by atoms with van der Waals surface area (Å²) >= 11 is 0. The van der Waals surface area contributed by atoms with Crippen LogP contribution < -0.4 is 5.32 Å². The van der Waals surface area contributed by atoms with E-state index in [4.69, 9.17) is 4.74 Å². The van der Waals surface area contributed by atoms with E-state index in [1.165, 1.54) is 0 Å². The molecular weight excluding hydrogens is 290 g/mol. The van der Waals surface area contributed by atoms with Gasteiger partial charge < -0.3 is 10.1 Å². The van der Waals surface area contributed by atoms with Gasteiger partial charge in [0.15, 0.2) is 0 Å². The van der Waals surface area contributed by atoms with Crippen molar-refractivity contribution in [1.82, 2.24) is 9.29 Å². The highest BCUT2D eigenvalue weighted by atomic mass is 32.2. The molecule has 0 aromatic carbocycles. The molecule has 1 aromatic rings. The standard InChI is InChI=1S/C14H23N3O3S/c1-3-8-15-14-13(5-4-9-16-14)21(18,19)17(10-11-20-2)12-6-7-12/h4-5,9,12H,3,6-8,10-11H2,1-2H3,(H,15,16). The highest BCUT2D eigenvalue weighted by Gasteiger charge is 2.38. The Morgan fingerprint density at radius 1 is 1.48 bits per heavy atom. The van der Waals surface area contributed by atoms with Crippen LogP contribution in [0.2, 0.25) is 0 Å². The number of anilines is 1. The van der Waals surface area contributed by atoms with Gasteiger partial charge in [-0.05, 0) is 31.4 Å². The number of nitrogens with zero attached hydrogens (tertiary/aromatic N) is 2. The van der Waals surface area contributed by atoms with Crippen molar-refractivity contribution in [2.45, 2.75) is 37.1 Å². The molecule has 2 rings (SSSR count). The van der Waals surface area contributed by atoms with E-state index in [1.54, 1.807) is 29.7 Å². The molecule has 6 nitrogen and oxygen atoms in total. The van der Waals surface area contributed by atoms with Crippen LogP contribution >= 0.6 is 0 Å². The minimum Gasteiger partial charge on any atom is -0.383 e. The Kier molecular flexibility index (Phi) is 5.55. The maximum atomic E-state index is 12.9. The predicted octanol–water partition coefficient (Wildman–Crippen LogP) is 1.70. The summed E-state index contributed by atoms with van der Waals surface area (Å²) in [7, 11) is -1.96. The van der Waals surface area contributed by atoms with E-state index in [0.29, 0.717) is 25.5 Å². The zero-order valence-corrected chi connectivity index (χ0v) is 13.4. The summed E-state index contributed by atoms with van der Waals surface area (Å²) in [5.41, 5.74) is 0. The molecule has 1 aliphatic rings. The first-order valence-electron chi connectivity index (χ1n) is 7.31. The second kappa shape index (κ2) is 7.20. The van der Waals surface area contributed by atoms with Crippen LogP contribution in [0.1, 0.15) is 26.2 Å². The number of ether oxygens (including phenoxy) is 1. The molecule has 0 radical (unpaired) electrons. The lowest BCUT2D eigenvalue weighted by atomic mass is 10.4. The van der Waals surface area contributed by atoms with Crippen LogP contribution in [-0.4, -0.2) is 50.6 Å². The Balaban J connectivity index is 2.28. The van der Waals surface area contributed by atoms with Crippen LogP contribution in [0.25, 0.3) is 0 Å². The van der Waals surface area contributed by atoms with Crippen molar-refractivity contribution in [3.63, 3.8) is 0 Å². The topological polar surface area (TPSA) is 71.5 Å². The molecule has 0 saturated heterocycles. The Bertz CT molecular complexity index is 558. The minimum absolute atomic E-state index is 0.101. The first-order valence-corrected chi connectivity index (χ1v) is 8.75. The molecule has 1 N–H and O–H groups in total. The molecule has 7 heteroatoms. The molecule has 1 aromatic heterocycles. The maximum absolute atomic E-state index is 12.9. The first-order chi connectivity index (χ1) is 10.1. The van der Waals surface area contributed by atoms with Crippen molar-refractivity contribution in [3.8, 4) is 0 Å². The van der Waals surface area contributed by atoms with Crippen LogP contribution in [-0.2, 0) is 14.8 Å². The van der Waals surface area contributed by atoms with Crippen molar-refractivity contribution >= 4 is 15.8 Å². The summed E-state index contributed by atoms with van der Waals surface area (Å²) in [4.78, 5) is 4.43. The van der Waals surface area contributed by atoms with Gasteiger partial charge >= 0.3 is 0 Å². The number of rotatable bonds is 9. The van der Waals surface area contributed by atoms with Crippen molar-refractivity contribution in [2.24, 2.45) is 0 Å². The van der Waals surface area contributed by atoms with E-state index < -0.39 is 10.0 Å². The van der Waals surface area contributed by atoms with Gasteiger partial charge in [0.1, 0.15) is 10.7 Å². The number of methoxy groups -OCH3 is 1. The summed E-state index contributed by atoms with van der Waals surface area (Å²) in [5.74, 6) is 0.433. The number of hydrogen-bond donors (Lipinski definition) is 1. The average molecular weight is 313 g/mol. The molecule has 0 unspecified atom stereocenters. The van der Waals surface area contributed by atoms with Gasteiger partial charge in [0.05, 0.1) is 6.61 Å². The second-order valence-electron chi connectivity index (χ2n) is 5.12. The highest BCUT2D eigenvalue weighted by molar-refractivity contribution is 7.89. The van der Waals surface area contributed by atoms with Gasteiger partial charge in [0.2, 0.25) is 10.0 Å². The fourth-order valence-corrected chi connectivity index (χ4v) is 3.93. The van der Waals surface area contributed by atoms with Crippen LogP contribution in [0.4, 0.5) is 5.82 Å². The third-order valence-corrected chi connectivity index (χ3v) is 5.35. The highest BCUT2D eigenvalue weighted by Crippen LogP contribution is 2.33. The largest absolute Gasteiger partial charge is 0.383 e. The lowest BCUT2D eigenvalue weighted by Gasteiger charge is -2.22. The van der Waals surface area contributed by atoms with E-state index >= 15 is 0 Å². The number of aromatic nitrogens is 1. The second-order valence-corrected chi connectivity index (χ2v) is 6.98. The quantitative estimate of drug-likeness (QED) is 0.751. The fraction of sp³-hybridized carbons (Fsp3) is 0.643. The van der Waals surface area contributed by atoms with Gasteiger partial charge in [0, 0.05) is 32.4 Å². The SMILES string of the molecule is CCCNc1ncccc1S(=O)(=O)N(CCOC)C1CC1. The van der Waals surface area contributed by atoms with Gasteiger partial charge in [-0.25, -0.2) is 13.4 Å². The number of sulfonamides is 1. The maximum Gasteiger partial charge on any atom is 0.247 e.